The van der Waals surface area contributed by atoms with Crippen LogP contribution in [0.25, 0.3) is 0 Å². The van der Waals surface area contributed by atoms with E-state index in [1.807, 2.05) is 0 Å². The molecule has 118 valence electrons. The molecule has 21 heavy (non-hydrogen) atoms. The Balaban J connectivity index is 2.01. The van der Waals surface area contributed by atoms with Gasteiger partial charge in [0, 0.05) is 25.2 Å². The number of halogens is 3. The van der Waals surface area contributed by atoms with Gasteiger partial charge in [0.2, 0.25) is 0 Å². The van der Waals surface area contributed by atoms with Gasteiger partial charge in [-0.25, -0.2) is 0 Å². The first-order chi connectivity index (χ1) is 9.89. The van der Waals surface area contributed by atoms with Crippen LogP contribution < -0.4 is 10.5 Å². The molecule has 1 heterocycles. The van der Waals surface area contributed by atoms with E-state index >= 15 is 0 Å². The van der Waals surface area contributed by atoms with Crippen molar-refractivity contribution in [1.29, 1.82) is 0 Å². The van der Waals surface area contributed by atoms with Crippen molar-refractivity contribution < 1.29 is 17.9 Å². The molecule has 0 aromatic heterocycles. The molecule has 0 bridgehead atoms. The van der Waals surface area contributed by atoms with E-state index in [-0.39, 0.29) is 5.75 Å². The number of benzene rings is 1. The molecule has 1 aliphatic heterocycles. The lowest BCUT2D eigenvalue weighted by molar-refractivity contribution is -0.274. The summed E-state index contributed by atoms with van der Waals surface area (Å²) < 4.78 is 40.2. The number of hydrogen-bond acceptors (Lipinski definition) is 3. The largest absolute Gasteiger partial charge is 0.573 e. The molecule has 2 rings (SSSR count). The molecule has 0 amide bonds. The predicted octanol–water partition coefficient (Wildman–Crippen LogP) is 3.29. The molecule has 1 aromatic carbocycles. The summed E-state index contributed by atoms with van der Waals surface area (Å²) >= 11 is 0. The van der Waals surface area contributed by atoms with Crippen LogP contribution in [0, 0.1) is 0 Å². The van der Waals surface area contributed by atoms with Crippen LogP contribution in [0.2, 0.25) is 0 Å². The fourth-order valence-electron chi connectivity index (χ4n) is 2.89. The number of ether oxygens (including phenoxy) is 1. The quantitative estimate of drug-likeness (QED) is 0.927. The summed E-state index contributed by atoms with van der Waals surface area (Å²) in [5.41, 5.74) is 6.79. The number of nitrogens with zero attached hydrogens (tertiary/aromatic N) is 1. The highest BCUT2D eigenvalue weighted by molar-refractivity contribution is 5.27. The minimum atomic E-state index is -4.65. The SMILES string of the molecule is CC1CCCC(CN)N1Cc1ccc(OC(F)(F)F)cc1. The summed E-state index contributed by atoms with van der Waals surface area (Å²) in [7, 11) is 0. The predicted molar refractivity (Wildman–Crippen MR) is 74.8 cm³/mol. The Labute approximate surface area is 122 Å². The highest BCUT2D eigenvalue weighted by Crippen LogP contribution is 2.26. The van der Waals surface area contributed by atoms with Crippen molar-refractivity contribution in [3.05, 3.63) is 29.8 Å². The van der Waals surface area contributed by atoms with E-state index in [2.05, 4.69) is 16.6 Å². The first kappa shape index (κ1) is 16.1. The number of rotatable bonds is 4. The van der Waals surface area contributed by atoms with E-state index in [9.17, 15) is 13.2 Å². The second-order valence-corrected chi connectivity index (χ2v) is 5.53. The van der Waals surface area contributed by atoms with Crippen LogP contribution in [0.3, 0.4) is 0 Å². The Morgan fingerprint density at radius 1 is 1.24 bits per heavy atom. The molecule has 2 atom stereocenters. The number of alkyl halides is 3. The fraction of sp³-hybridized carbons (Fsp3) is 0.600. The van der Waals surface area contributed by atoms with Gasteiger partial charge in [-0.05, 0) is 37.5 Å². The molecule has 0 spiro atoms. The van der Waals surface area contributed by atoms with Crippen LogP contribution in [0.1, 0.15) is 31.7 Å². The lowest BCUT2D eigenvalue weighted by atomic mass is 9.95. The van der Waals surface area contributed by atoms with Gasteiger partial charge in [0.25, 0.3) is 0 Å². The number of hydrogen-bond donors (Lipinski definition) is 1. The van der Waals surface area contributed by atoms with Crippen molar-refractivity contribution in [2.24, 2.45) is 5.73 Å². The van der Waals surface area contributed by atoms with Crippen LogP contribution in [0.4, 0.5) is 13.2 Å². The Morgan fingerprint density at radius 3 is 2.48 bits per heavy atom. The van der Waals surface area contributed by atoms with Gasteiger partial charge in [0.1, 0.15) is 5.75 Å². The first-order valence-electron chi connectivity index (χ1n) is 7.19. The summed E-state index contributed by atoms with van der Waals surface area (Å²) in [6.45, 7) is 3.48. The van der Waals surface area contributed by atoms with Gasteiger partial charge in [-0.1, -0.05) is 18.6 Å². The maximum absolute atomic E-state index is 12.1. The highest BCUT2D eigenvalue weighted by Gasteiger charge is 2.31. The molecule has 3 nitrogen and oxygen atoms in total. The minimum Gasteiger partial charge on any atom is -0.406 e. The molecule has 1 saturated heterocycles. The van der Waals surface area contributed by atoms with E-state index in [4.69, 9.17) is 5.73 Å². The lowest BCUT2D eigenvalue weighted by Gasteiger charge is -2.40. The zero-order valence-corrected chi connectivity index (χ0v) is 12.1. The van der Waals surface area contributed by atoms with Crippen molar-refractivity contribution in [3.63, 3.8) is 0 Å². The van der Waals surface area contributed by atoms with Gasteiger partial charge >= 0.3 is 6.36 Å². The first-order valence-corrected chi connectivity index (χ1v) is 7.19. The second kappa shape index (κ2) is 6.66. The van der Waals surface area contributed by atoms with Crippen LogP contribution in [-0.4, -0.2) is 29.9 Å². The second-order valence-electron chi connectivity index (χ2n) is 5.53. The standard InChI is InChI=1S/C15H21F3N2O/c1-11-3-2-4-13(9-19)20(11)10-12-5-7-14(8-6-12)21-15(16,17)18/h5-8,11,13H,2-4,9-10,19H2,1H3. The van der Waals surface area contributed by atoms with Gasteiger partial charge < -0.3 is 10.5 Å². The third kappa shape index (κ3) is 4.61. The maximum Gasteiger partial charge on any atom is 0.573 e. The van der Waals surface area contributed by atoms with Crippen LogP contribution in [0.5, 0.6) is 5.75 Å². The number of piperidine rings is 1. The summed E-state index contributed by atoms with van der Waals surface area (Å²) in [4.78, 5) is 2.34. The van der Waals surface area contributed by atoms with Crippen molar-refractivity contribution in [1.82, 2.24) is 4.90 Å². The molecular formula is C15H21F3N2O. The van der Waals surface area contributed by atoms with Gasteiger partial charge in [-0.2, -0.15) is 0 Å². The van der Waals surface area contributed by atoms with Crippen molar-refractivity contribution in [2.45, 2.75) is 51.2 Å². The zero-order valence-electron chi connectivity index (χ0n) is 12.1. The minimum absolute atomic E-state index is 0.187. The lowest BCUT2D eigenvalue weighted by Crippen LogP contribution is -2.48. The average molecular weight is 302 g/mol. The van der Waals surface area contributed by atoms with Crippen molar-refractivity contribution >= 4 is 0 Å². The molecule has 1 aliphatic rings. The Morgan fingerprint density at radius 2 is 1.90 bits per heavy atom. The Kier molecular flexibility index (Phi) is 5.11. The topological polar surface area (TPSA) is 38.5 Å². The molecule has 0 radical (unpaired) electrons. The Hall–Kier alpha value is -1.27. The smallest absolute Gasteiger partial charge is 0.406 e. The molecule has 0 aliphatic carbocycles. The molecular weight excluding hydrogens is 281 g/mol. The molecule has 0 saturated carbocycles. The molecule has 1 aromatic rings. The third-order valence-electron chi connectivity index (χ3n) is 3.99. The summed E-state index contributed by atoms with van der Waals surface area (Å²) in [5, 5.41) is 0. The normalized spacial score (nSPS) is 24.0. The third-order valence-corrected chi connectivity index (χ3v) is 3.99. The number of likely N-dealkylation sites (tertiary alicyclic amines) is 1. The average Bonchev–Trinajstić information content (AvgIpc) is 2.41. The van der Waals surface area contributed by atoms with Gasteiger partial charge in [0.15, 0.2) is 0 Å². The maximum atomic E-state index is 12.1. The molecule has 2 N–H and O–H groups in total. The fourth-order valence-corrected chi connectivity index (χ4v) is 2.89. The Bertz CT molecular complexity index is 447. The summed E-state index contributed by atoms with van der Waals surface area (Å²) in [6.07, 6.45) is -1.26. The number of nitrogens with two attached hydrogens (primary N) is 1. The van der Waals surface area contributed by atoms with Crippen LogP contribution >= 0.6 is 0 Å². The van der Waals surface area contributed by atoms with E-state index in [1.165, 1.54) is 18.6 Å². The highest BCUT2D eigenvalue weighted by atomic mass is 19.4. The van der Waals surface area contributed by atoms with E-state index < -0.39 is 6.36 Å². The molecule has 6 heteroatoms. The van der Waals surface area contributed by atoms with Gasteiger partial charge in [-0.15, -0.1) is 13.2 Å². The monoisotopic (exact) mass is 302 g/mol. The van der Waals surface area contributed by atoms with Crippen LogP contribution in [0.15, 0.2) is 24.3 Å². The van der Waals surface area contributed by atoms with Crippen molar-refractivity contribution in [2.75, 3.05) is 6.54 Å². The van der Waals surface area contributed by atoms with Gasteiger partial charge in [0.05, 0.1) is 0 Å². The zero-order chi connectivity index (χ0) is 15.5. The van der Waals surface area contributed by atoms with E-state index in [0.29, 0.717) is 25.2 Å². The summed E-state index contributed by atoms with van der Waals surface area (Å²) in [5.74, 6) is -0.187. The molecule has 2 unspecified atom stereocenters. The molecule has 1 fully saturated rings. The van der Waals surface area contributed by atoms with Gasteiger partial charge in [-0.3, -0.25) is 4.90 Å². The summed E-state index contributed by atoms with van der Waals surface area (Å²) in [6, 6.07) is 6.86. The van der Waals surface area contributed by atoms with E-state index in [1.54, 1.807) is 12.1 Å². The van der Waals surface area contributed by atoms with Crippen LogP contribution in [-0.2, 0) is 6.54 Å². The van der Waals surface area contributed by atoms with E-state index in [0.717, 1.165) is 18.4 Å². The van der Waals surface area contributed by atoms with Crippen molar-refractivity contribution in [3.8, 4) is 5.75 Å².